The van der Waals surface area contributed by atoms with Gasteiger partial charge in [-0.1, -0.05) is 24.3 Å². The third-order valence-corrected chi connectivity index (χ3v) is 7.80. The summed E-state index contributed by atoms with van der Waals surface area (Å²) in [4.78, 5) is 27.7. The number of anilines is 4. The lowest BCUT2D eigenvalue weighted by atomic mass is 10.2. The van der Waals surface area contributed by atoms with Gasteiger partial charge in [-0.3, -0.25) is 19.4 Å². The fourth-order valence-electron chi connectivity index (χ4n) is 4.47. The average Bonchev–Trinajstić information content (AvgIpc) is 3.01. The lowest BCUT2D eigenvalue weighted by Crippen LogP contribution is -2.29. The summed E-state index contributed by atoms with van der Waals surface area (Å²) in [6.07, 6.45) is 3.42. The number of pyridine rings is 1. The molecule has 0 unspecified atom stereocenters. The molecule has 0 aliphatic heterocycles. The highest BCUT2D eigenvalue weighted by Crippen LogP contribution is 2.30. The van der Waals surface area contributed by atoms with Crippen molar-refractivity contribution in [3.8, 4) is 5.75 Å². The number of benzene rings is 3. The van der Waals surface area contributed by atoms with Crippen LogP contribution in [0, 0.1) is 0 Å². The number of carbonyl (C=O) groups excluding carboxylic acids is 1. The van der Waals surface area contributed by atoms with Gasteiger partial charge >= 0.3 is 0 Å². The molecule has 5 aromatic rings. The van der Waals surface area contributed by atoms with Gasteiger partial charge in [-0.2, -0.15) is 0 Å². The van der Waals surface area contributed by atoms with Crippen molar-refractivity contribution >= 4 is 50.0 Å². The summed E-state index contributed by atoms with van der Waals surface area (Å²) < 4.78 is 35.0. The van der Waals surface area contributed by atoms with E-state index < -0.39 is 10.0 Å². The van der Waals surface area contributed by atoms with Crippen molar-refractivity contribution in [3.63, 3.8) is 0 Å². The number of aliphatic hydroxyl groups excluding tert-OH is 1. The van der Waals surface area contributed by atoms with E-state index in [1.54, 1.807) is 67.0 Å². The van der Waals surface area contributed by atoms with E-state index >= 15 is 0 Å². The van der Waals surface area contributed by atoms with Gasteiger partial charge in [-0.25, -0.2) is 18.4 Å². The van der Waals surface area contributed by atoms with E-state index in [-0.39, 0.29) is 35.6 Å². The summed E-state index contributed by atoms with van der Waals surface area (Å²) in [5, 5.41) is 15.5. The molecule has 5 rings (SSSR count). The number of rotatable bonds is 12. The Morgan fingerprint density at radius 1 is 0.909 bits per heavy atom. The molecule has 0 aliphatic carbocycles. The normalized spacial score (nSPS) is 11.4. The summed E-state index contributed by atoms with van der Waals surface area (Å²) in [5.41, 5.74) is 3.41. The number of aromatic nitrogens is 3. The summed E-state index contributed by atoms with van der Waals surface area (Å²) in [6.45, 7) is 0.399. The number of hydrogen-bond donors (Lipinski definition) is 4. The number of para-hydroxylation sites is 2. The third kappa shape index (κ3) is 7.64. The smallest absolute Gasteiger partial charge is 0.263 e. The Hall–Kier alpha value is -5.11. The number of nitrogens with one attached hydrogen (secondary N) is 3. The first-order valence-electron chi connectivity index (χ1n) is 13.6. The molecule has 0 aliphatic rings. The van der Waals surface area contributed by atoms with Crippen LogP contribution in [0.25, 0.3) is 11.0 Å². The molecule has 0 bridgehead atoms. The van der Waals surface area contributed by atoms with Gasteiger partial charge in [0, 0.05) is 36.4 Å². The second kappa shape index (κ2) is 13.5. The van der Waals surface area contributed by atoms with E-state index in [2.05, 4.69) is 30.3 Å². The minimum atomic E-state index is -4.17. The highest BCUT2D eigenvalue weighted by Gasteiger charge is 2.20. The van der Waals surface area contributed by atoms with E-state index in [4.69, 9.17) is 4.74 Å². The molecule has 0 fully saturated rings. The minimum Gasteiger partial charge on any atom is -0.497 e. The predicted octanol–water partition coefficient (Wildman–Crippen LogP) is 4.14. The molecule has 2 heterocycles. The Labute approximate surface area is 254 Å². The van der Waals surface area contributed by atoms with Gasteiger partial charge in [0.1, 0.15) is 5.75 Å². The maximum absolute atomic E-state index is 13.6. The summed E-state index contributed by atoms with van der Waals surface area (Å²) in [7, 11) is -0.854. The average molecular weight is 614 g/mol. The molecular weight excluding hydrogens is 582 g/mol. The van der Waals surface area contributed by atoms with E-state index in [0.717, 1.165) is 5.56 Å². The number of sulfonamides is 1. The molecule has 4 N–H and O–H groups in total. The molecule has 44 heavy (non-hydrogen) atoms. The quantitative estimate of drug-likeness (QED) is 0.161. The van der Waals surface area contributed by atoms with Gasteiger partial charge in [-0.15, -0.1) is 0 Å². The first-order chi connectivity index (χ1) is 21.2. The third-order valence-electron chi connectivity index (χ3n) is 6.47. The van der Waals surface area contributed by atoms with Crippen molar-refractivity contribution < 1.29 is 23.1 Å². The molecule has 13 heteroatoms. The first kappa shape index (κ1) is 30.4. The maximum Gasteiger partial charge on any atom is 0.263 e. The summed E-state index contributed by atoms with van der Waals surface area (Å²) >= 11 is 0. The Kier molecular flexibility index (Phi) is 9.29. The van der Waals surface area contributed by atoms with Gasteiger partial charge in [0.2, 0.25) is 5.91 Å². The number of fused-ring (bicyclic) bond motifs is 1. The second-order valence-electron chi connectivity index (χ2n) is 9.98. The van der Waals surface area contributed by atoms with Crippen LogP contribution in [-0.4, -0.2) is 60.0 Å². The van der Waals surface area contributed by atoms with Gasteiger partial charge in [-0.05, 0) is 66.7 Å². The van der Waals surface area contributed by atoms with Crippen molar-refractivity contribution in [1.29, 1.82) is 0 Å². The van der Waals surface area contributed by atoms with Gasteiger partial charge in [0.15, 0.2) is 11.6 Å². The molecule has 2 aromatic heterocycles. The van der Waals surface area contributed by atoms with Crippen LogP contribution < -0.4 is 20.1 Å². The number of amides is 1. The molecule has 0 radical (unpaired) electrons. The van der Waals surface area contributed by atoms with Crippen LogP contribution in [0.1, 0.15) is 11.1 Å². The number of aliphatic hydroxyl groups is 1. The Morgan fingerprint density at radius 3 is 2.39 bits per heavy atom. The largest absolute Gasteiger partial charge is 0.497 e. The number of carbonyl (C=O) groups is 1. The molecular formula is C31H31N7O5S. The zero-order valence-corrected chi connectivity index (χ0v) is 24.9. The molecule has 3 aromatic carbocycles. The molecule has 0 saturated carbocycles. The van der Waals surface area contributed by atoms with Crippen molar-refractivity contribution in [2.45, 2.75) is 18.0 Å². The van der Waals surface area contributed by atoms with Gasteiger partial charge < -0.3 is 20.5 Å². The van der Waals surface area contributed by atoms with E-state index in [1.165, 1.54) is 19.2 Å². The number of ether oxygens (including phenoxy) is 1. The van der Waals surface area contributed by atoms with Crippen molar-refractivity contribution in [1.82, 2.24) is 19.9 Å². The summed E-state index contributed by atoms with van der Waals surface area (Å²) in [5.74, 6) is 0.303. The fraction of sp³-hybridized carbons (Fsp3) is 0.161. The molecule has 0 atom stereocenters. The molecule has 0 saturated heterocycles. The molecule has 226 valence electrons. The number of likely N-dealkylation sites (N-methyl/N-ethyl adjacent to an activating group) is 1. The standard InChI is InChI=1S/C31H31N7O5S/c1-38(18-21-7-6-12-32-17-21)19-29(40)33-23-8-5-9-26(16-23)44(41,42)37-31-30(35-27-10-3-4-11-28(27)36-31)34-24-13-22(20-39)14-25(15-24)43-2/h3-17,39H,18-20H2,1-2H3,(H,33,40)(H,34,35)(H,36,37). The van der Waals surface area contributed by atoms with Crippen molar-refractivity contribution in [2.24, 2.45) is 0 Å². The fourth-order valence-corrected chi connectivity index (χ4v) is 5.52. The van der Waals surface area contributed by atoms with Crippen LogP contribution in [0.2, 0.25) is 0 Å². The monoisotopic (exact) mass is 613 g/mol. The Balaban J connectivity index is 1.37. The van der Waals surface area contributed by atoms with Crippen LogP contribution in [-0.2, 0) is 28.0 Å². The van der Waals surface area contributed by atoms with Crippen molar-refractivity contribution in [3.05, 3.63) is 102 Å². The maximum atomic E-state index is 13.6. The van der Waals surface area contributed by atoms with E-state index in [1.807, 2.05) is 24.1 Å². The minimum absolute atomic E-state index is 0.0384. The van der Waals surface area contributed by atoms with Crippen LogP contribution in [0.5, 0.6) is 5.75 Å². The highest BCUT2D eigenvalue weighted by molar-refractivity contribution is 7.92. The molecule has 1 amide bonds. The van der Waals surface area contributed by atoms with Crippen LogP contribution in [0.3, 0.4) is 0 Å². The zero-order chi connectivity index (χ0) is 31.1. The molecule has 0 spiro atoms. The van der Waals surface area contributed by atoms with Gasteiger partial charge in [0.05, 0.1) is 36.2 Å². The van der Waals surface area contributed by atoms with Gasteiger partial charge in [0.25, 0.3) is 10.0 Å². The Bertz CT molecular complexity index is 1870. The van der Waals surface area contributed by atoms with E-state index in [9.17, 15) is 18.3 Å². The lowest BCUT2D eigenvalue weighted by molar-refractivity contribution is -0.117. The Morgan fingerprint density at radius 2 is 1.68 bits per heavy atom. The highest BCUT2D eigenvalue weighted by atomic mass is 32.2. The van der Waals surface area contributed by atoms with Crippen molar-refractivity contribution in [2.75, 3.05) is 36.1 Å². The number of hydrogen-bond acceptors (Lipinski definition) is 10. The SMILES string of the molecule is COc1cc(CO)cc(Nc2nc3ccccc3nc2NS(=O)(=O)c2cccc(NC(=O)CN(C)Cc3cccnc3)c2)c1. The molecule has 12 nitrogen and oxygen atoms in total. The zero-order valence-electron chi connectivity index (χ0n) is 24.1. The summed E-state index contributed by atoms with van der Waals surface area (Å²) in [6, 6.07) is 21.8. The van der Waals surface area contributed by atoms with Crippen LogP contribution >= 0.6 is 0 Å². The first-order valence-corrected chi connectivity index (χ1v) is 15.0. The number of nitrogens with zero attached hydrogens (tertiary/aromatic N) is 4. The number of methoxy groups -OCH3 is 1. The second-order valence-corrected chi connectivity index (χ2v) is 11.7. The van der Waals surface area contributed by atoms with E-state index in [0.29, 0.717) is 40.3 Å². The lowest BCUT2D eigenvalue weighted by Gasteiger charge is -2.17. The van der Waals surface area contributed by atoms with Crippen LogP contribution in [0.15, 0.2) is 96.2 Å². The predicted molar refractivity (Wildman–Crippen MR) is 168 cm³/mol. The topological polar surface area (TPSA) is 159 Å². The van der Waals surface area contributed by atoms with Crippen LogP contribution in [0.4, 0.5) is 23.0 Å².